The van der Waals surface area contributed by atoms with Crippen molar-refractivity contribution in [2.24, 2.45) is 0 Å². The van der Waals surface area contributed by atoms with Crippen molar-refractivity contribution in [1.29, 1.82) is 0 Å². The summed E-state index contributed by atoms with van der Waals surface area (Å²) in [6.07, 6.45) is 1.76. The van der Waals surface area contributed by atoms with Crippen LogP contribution in [0.4, 0.5) is 5.69 Å². The third-order valence-electron chi connectivity index (χ3n) is 3.86. The van der Waals surface area contributed by atoms with Crippen molar-refractivity contribution < 1.29 is 14.3 Å². The summed E-state index contributed by atoms with van der Waals surface area (Å²) in [5, 5.41) is 3.78. The molecule has 1 aliphatic rings. The minimum atomic E-state index is -0.163. The van der Waals surface area contributed by atoms with Gasteiger partial charge in [0, 0.05) is 16.3 Å². The number of anilines is 1. The van der Waals surface area contributed by atoms with Crippen molar-refractivity contribution in [2.75, 3.05) is 26.2 Å². The first kappa shape index (κ1) is 19.5. The first-order chi connectivity index (χ1) is 13.0. The van der Waals surface area contributed by atoms with Gasteiger partial charge in [0.1, 0.15) is 15.8 Å². The third kappa shape index (κ3) is 4.55. The van der Waals surface area contributed by atoms with Crippen LogP contribution < -0.4 is 14.8 Å². The molecule has 2 aromatic carbocycles. The Kier molecular flexibility index (Phi) is 6.26. The Bertz CT molecular complexity index is 918. The summed E-state index contributed by atoms with van der Waals surface area (Å²) in [4.78, 5) is 14.8. The summed E-state index contributed by atoms with van der Waals surface area (Å²) >= 11 is 12.6. The van der Waals surface area contributed by atoms with Crippen LogP contribution in [0.5, 0.6) is 11.5 Å². The number of rotatable bonds is 6. The number of methoxy groups -OCH3 is 2. The van der Waals surface area contributed by atoms with Gasteiger partial charge in [-0.25, -0.2) is 0 Å². The molecule has 1 saturated heterocycles. The lowest BCUT2D eigenvalue weighted by atomic mass is 10.1. The van der Waals surface area contributed by atoms with E-state index in [1.165, 1.54) is 16.7 Å². The van der Waals surface area contributed by atoms with Gasteiger partial charge in [0.2, 0.25) is 0 Å². The molecule has 0 spiro atoms. The standard InChI is InChI=1S/C19H17ClN2O3S2/c1-24-15-6-7-16(25-2)12(8-15)9-17-18(23)22(19(26)27-17)11-21-14-5-3-4-13(20)10-14/h3-10,21H,11H2,1-2H3/b17-9-. The Morgan fingerprint density at radius 3 is 2.74 bits per heavy atom. The Hall–Kier alpha value is -2.22. The van der Waals surface area contributed by atoms with Gasteiger partial charge in [-0.15, -0.1) is 0 Å². The molecule has 1 N–H and O–H groups in total. The number of carbonyl (C=O) groups excluding carboxylic acids is 1. The zero-order valence-electron chi connectivity index (χ0n) is 14.7. The maximum atomic E-state index is 12.8. The minimum absolute atomic E-state index is 0.163. The summed E-state index contributed by atoms with van der Waals surface area (Å²) < 4.78 is 11.1. The molecule has 0 unspecified atom stereocenters. The van der Waals surface area contributed by atoms with E-state index in [0.717, 1.165) is 11.3 Å². The molecule has 0 aliphatic carbocycles. The zero-order chi connectivity index (χ0) is 19.4. The average Bonchev–Trinajstić information content (AvgIpc) is 2.93. The van der Waals surface area contributed by atoms with E-state index >= 15 is 0 Å². The maximum absolute atomic E-state index is 12.8. The lowest BCUT2D eigenvalue weighted by Crippen LogP contribution is -2.33. The number of carbonyl (C=O) groups is 1. The van der Waals surface area contributed by atoms with E-state index in [-0.39, 0.29) is 12.6 Å². The normalized spacial score (nSPS) is 15.4. The minimum Gasteiger partial charge on any atom is -0.497 e. The molecule has 27 heavy (non-hydrogen) atoms. The van der Waals surface area contributed by atoms with Gasteiger partial charge in [-0.2, -0.15) is 0 Å². The summed E-state index contributed by atoms with van der Waals surface area (Å²) in [5.74, 6) is 1.17. The van der Waals surface area contributed by atoms with Crippen molar-refractivity contribution in [3.8, 4) is 11.5 Å². The molecule has 1 amide bonds. The third-order valence-corrected chi connectivity index (χ3v) is 5.48. The van der Waals surface area contributed by atoms with Gasteiger partial charge in [0.25, 0.3) is 5.91 Å². The largest absolute Gasteiger partial charge is 0.497 e. The van der Waals surface area contributed by atoms with E-state index in [4.69, 9.17) is 33.3 Å². The molecule has 8 heteroatoms. The number of amides is 1. The molecule has 0 saturated carbocycles. The molecule has 140 valence electrons. The van der Waals surface area contributed by atoms with Gasteiger partial charge in [-0.3, -0.25) is 9.69 Å². The van der Waals surface area contributed by atoms with Crippen LogP contribution in [0, 0.1) is 0 Å². The van der Waals surface area contributed by atoms with Crippen molar-refractivity contribution in [1.82, 2.24) is 4.90 Å². The molecule has 1 heterocycles. The maximum Gasteiger partial charge on any atom is 0.267 e. The van der Waals surface area contributed by atoms with E-state index in [1.807, 2.05) is 18.2 Å². The molecule has 0 bridgehead atoms. The Balaban J connectivity index is 1.78. The van der Waals surface area contributed by atoms with Crippen LogP contribution >= 0.6 is 35.6 Å². The van der Waals surface area contributed by atoms with Crippen molar-refractivity contribution in [3.05, 3.63) is 58.0 Å². The van der Waals surface area contributed by atoms with Crippen LogP contribution in [0.2, 0.25) is 5.02 Å². The lowest BCUT2D eigenvalue weighted by Gasteiger charge is -2.16. The first-order valence-electron chi connectivity index (χ1n) is 7.98. The topological polar surface area (TPSA) is 50.8 Å². The van der Waals surface area contributed by atoms with Crippen molar-refractivity contribution in [2.45, 2.75) is 0 Å². The molecular formula is C19H17ClN2O3S2. The van der Waals surface area contributed by atoms with Crippen molar-refractivity contribution in [3.63, 3.8) is 0 Å². The van der Waals surface area contributed by atoms with E-state index in [0.29, 0.717) is 25.7 Å². The second-order valence-electron chi connectivity index (χ2n) is 5.56. The molecule has 0 atom stereocenters. The Labute approximate surface area is 172 Å². The molecule has 5 nitrogen and oxygen atoms in total. The van der Waals surface area contributed by atoms with Crippen molar-refractivity contribution >= 4 is 57.6 Å². The quantitative estimate of drug-likeness (QED) is 0.543. The number of hydrogen-bond donors (Lipinski definition) is 1. The Morgan fingerprint density at radius 1 is 1.22 bits per heavy atom. The van der Waals surface area contributed by atoms with Gasteiger partial charge in [-0.05, 0) is 42.5 Å². The number of ether oxygens (including phenoxy) is 2. The van der Waals surface area contributed by atoms with Crippen LogP contribution in [0.1, 0.15) is 5.56 Å². The fourth-order valence-corrected chi connectivity index (χ4v) is 3.93. The van der Waals surface area contributed by atoms with E-state index in [1.54, 1.807) is 44.6 Å². The molecule has 0 radical (unpaired) electrons. The number of benzene rings is 2. The zero-order valence-corrected chi connectivity index (χ0v) is 17.1. The van der Waals surface area contributed by atoms with Gasteiger partial charge in [0.05, 0.1) is 25.8 Å². The number of thiocarbonyl (C=S) groups is 1. The number of hydrogen-bond acceptors (Lipinski definition) is 6. The highest BCUT2D eigenvalue weighted by Crippen LogP contribution is 2.35. The number of halogens is 1. The molecule has 1 fully saturated rings. The monoisotopic (exact) mass is 420 g/mol. The molecule has 2 aromatic rings. The SMILES string of the molecule is COc1ccc(OC)c(/C=C2\SC(=S)N(CNc3cccc(Cl)c3)C2=O)c1. The van der Waals surface area contributed by atoms with E-state index in [2.05, 4.69) is 5.32 Å². The highest BCUT2D eigenvalue weighted by atomic mass is 35.5. The Morgan fingerprint density at radius 2 is 2.04 bits per heavy atom. The smallest absolute Gasteiger partial charge is 0.267 e. The van der Waals surface area contributed by atoms with E-state index < -0.39 is 0 Å². The number of thioether (sulfide) groups is 1. The summed E-state index contributed by atoms with van der Waals surface area (Å²) in [6.45, 7) is 0.262. The second kappa shape index (κ2) is 8.65. The predicted octanol–water partition coefficient (Wildman–Crippen LogP) is 4.63. The van der Waals surface area contributed by atoms with Gasteiger partial charge in [0.15, 0.2) is 0 Å². The van der Waals surface area contributed by atoms with Gasteiger partial charge < -0.3 is 14.8 Å². The van der Waals surface area contributed by atoms with Crippen LogP contribution in [0.25, 0.3) is 6.08 Å². The second-order valence-corrected chi connectivity index (χ2v) is 7.68. The van der Waals surface area contributed by atoms with Crippen LogP contribution in [0.15, 0.2) is 47.4 Å². The van der Waals surface area contributed by atoms with Gasteiger partial charge in [-0.1, -0.05) is 41.6 Å². The highest BCUT2D eigenvalue weighted by molar-refractivity contribution is 8.26. The van der Waals surface area contributed by atoms with Crippen LogP contribution in [-0.4, -0.2) is 36.0 Å². The van der Waals surface area contributed by atoms with Gasteiger partial charge >= 0.3 is 0 Å². The predicted molar refractivity (Wildman–Crippen MR) is 114 cm³/mol. The summed E-state index contributed by atoms with van der Waals surface area (Å²) in [6, 6.07) is 12.7. The molecule has 0 aromatic heterocycles. The molecule has 3 rings (SSSR count). The lowest BCUT2D eigenvalue weighted by molar-refractivity contribution is -0.121. The molecular weight excluding hydrogens is 404 g/mol. The first-order valence-corrected chi connectivity index (χ1v) is 9.59. The number of nitrogens with one attached hydrogen (secondary N) is 1. The fraction of sp³-hybridized carbons (Fsp3) is 0.158. The fourth-order valence-electron chi connectivity index (χ4n) is 2.50. The average molecular weight is 421 g/mol. The van der Waals surface area contributed by atoms with Crippen LogP contribution in [-0.2, 0) is 4.79 Å². The summed E-state index contributed by atoms with van der Waals surface area (Å²) in [7, 11) is 3.17. The van der Waals surface area contributed by atoms with Crippen LogP contribution in [0.3, 0.4) is 0 Å². The summed E-state index contributed by atoms with van der Waals surface area (Å²) in [5.41, 5.74) is 1.56. The van der Waals surface area contributed by atoms with E-state index in [9.17, 15) is 4.79 Å². The number of nitrogens with zero attached hydrogens (tertiary/aromatic N) is 1. The highest BCUT2D eigenvalue weighted by Gasteiger charge is 2.32. The molecule has 1 aliphatic heterocycles.